The second-order valence-corrected chi connectivity index (χ2v) is 11.3. The number of anilines is 2. The van der Waals surface area contributed by atoms with E-state index >= 15 is 0 Å². The van der Waals surface area contributed by atoms with Gasteiger partial charge in [-0.25, -0.2) is 13.2 Å². The quantitative estimate of drug-likeness (QED) is 0.251. The van der Waals surface area contributed by atoms with Gasteiger partial charge in [0.25, 0.3) is 0 Å². The summed E-state index contributed by atoms with van der Waals surface area (Å²) < 4.78 is 33.2. The Morgan fingerprint density at radius 1 is 1.08 bits per heavy atom. The standard InChI is InChI=1S/C28H27N5O4S2/c1-18-17-19(13-14-21(18)31-39(3,35)36)33-26(25(30-28(33)38)22-10-6-7-15-29-22)24-12-8-16-32(24)23-11-5-4-9-20(23)27(34)37-2/h4-17,25-26,31H,1-3H3,(H,30,38). The Balaban J connectivity index is 1.66. The molecule has 2 unspecified atom stereocenters. The Morgan fingerprint density at radius 2 is 1.85 bits per heavy atom. The third kappa shape index (κ3) is 5.23. The van der Waals surface area contributed by atoms with Crippen LogP contribution in [0, 0.1) is 6.92 Å². The Kier molecular flexibility index (Phi) is 7.11. The first-order valence-electron chi connectivity index (χ1n) is 12.1. The van der Waals surface area contributed by atoms with E-state index in [1.807, 2.05) is 77.2 Å². The number of esters is 1. The van der Waals surface area contributed by atoms with Gasteiger partial charge in [0.05, 0.1) is 42.0 Å². The zero-order valence-corrected chi connectivity index (χ0v) is 23.2. The number of carbonyl (C=O) groups is 1. The van der Waals surface area contributed by atoms with Crippen LogP contribution in [0.3, 0.4) is 0 Å². The van der Waals surface area contributed by atoms with E-state index in [9.17, 15) is 13.2 Å². The fraction of sp³-hybridized carbons (Fsp3) is 0.179. The molecule has 200 valence electrons. The van der Waals surface area contributed by atoms with Gasteiger partial charge in [-0.05, 0) is 79.3 Å². The van der Waals surface area contributed by atoms with Crippen molar-refractivity contribution in [3.63, 3.8) is 0 Å². The molecule has 1 saturated heterocycles. The summed E-state index contributed by atoms with van der Waals surface area (Å²) in [5, 5.41) is 3.93. The number of thiocarbonyl (C=S) groups is 1. The number of ether oxygens (including phenoxy) is 1. The number of carbonyl (C=O) groups excluding carboxylic acids is 1. The molecule has 2 atom stereocenters. The molecular formula is C28H27N5O4S2. The van der Waals surface area contributed by atoms with Crippen molar-refractivity contribution < 1.29 is 17.9 Å². The molecule has 0 radical (unpaired) electrons. The van der Waals surface area contributed by atoms with Gasteiger partial charge in [-0.1, -0.05) is 18.2 Å². The largest absolute Gasteiger partial charge is 0.465 e. The maximum atomic E-state index is 12.6. The maximum absolute atomic E-state index is 12.6. The second-order valence-electron chi connectivity index (χ2n) is 9.18. The fourth-order valence-corrected chi connectivity index (χ4v) is 5.84. The summed E-state index contributed by atoms with van der Waals surface area (Å²) in [6, 6.07) is 21.7. The van der Waals surface area contributed by atoms with Gasteiger partial charge in [0.2, 0.25) is 10.0 Å². The number of hydrogen-bond donors (Lipinski definition) is 2. The third-order valence-corrected chi connectivity index (χ3v) is 7.44. The van der Waals surface area contributed by atoms with Crippen LogP contribution < -0.4 is 14.9 Å². The molecular weight excluding hydrogens is 534 g/mol. The number of hydrogen-bond acceptors (Lipinski definition) is 6. The van der Waals surface area contributed by atoms with Crippen LogP contribution in [-0.4, -0.2) is 42.4 Å². The number of sulfonamides is 1. The molecule has 1 fully saturated rings. The lowest BCUT2D eigenvalue weighted by Gasteiger charge is -2.29. The van der Waals surface area contributed by atoms with E-state index < -0.39 is 16.0 Å². The summed E-state index contributed by atoms with van der Waals surface area (Å²) in [7, 11) is -2.07. The van der Waals surface area contributed by atoms with Crippen molar-refractivity contribution in [3.05, 3.63) is 108 Å². The van der Waals surface area contributed by atoms with Gasteiger partial charge in [-0.2, -0.15) is 0 Å². The molecule has 0 amide bonds. The fourth-order valence-electron chi connectivity index (χ4n) is 4.87. The monoisotopic (exact) mass is 561 g/mol. The minimum Gasteiger partial charge on any atom is -0.465 e. The first kappa shape index (κ1) is 26.4. The van der Waals surface area contributed by atoms with Crippen LogP contribution in [0.5, 0.6) is 0 Å². The van der Waals surface area contributed by atoms with Gasteiger partial charge in [0.15, 0.2) is 5.11 Å². The van der Waals surface area contributed by atoms with E-state index in [2.05, 4.69) is 15.0 Å². The zero-order chi connectivity index (χ0) is 27.7. The van der Waals surface area contributed by atoms with E-state index in [0.717, 1.165) is 28.9 Å². The third-order valence-electron chi connectivity index (χ3n) is 6.53. The number of para-hydroxylation sites is 1. The summed E-state index contributed by atoms with van der Waals surface area (Å²) >= 11 is 5.85. The molecule has 2 N–H and O–H groups in total. The Labute approximate surface area is 232 Å². The lowest BCUT2D eigenvalue weighted by molar-refractivity contribution is 0.0600. The molecule has 39 heavy (non-hydrogen) atoms. The molecule has 1 aliphatic rings. The predicted octanol–water partition coefficient (Wildman–Crippen LogP) is 4.52. The first-order chi connectivity index (χ1) is 18.7. The van der Waals surface area contributed by atoms with Gasteiger partial charge >= 0.3 is 5.97 Å². The smallest absolute Gasteiger partial charge is 0.339 e. The van der Waals surface area contributed by atoms with E-state index in [1.54, 1.807) is 24.4 Å². The van der Waals surface area contributed by atoms with Crippen LogP contribution in [0.25, 0.3) is 5.69 Å². The number of nitrogens with one attached hydrogen (secondary N) is 2. The van der Waals surface area contributed by atoms with Crippen LogP contribution in [-0.2, 0) is 14.8 Å². The highest BCUT2D eigenvalue weighted by molar-refractivity contribution is 7.92. The molecule has 0 spiro atoms. The van der Waals surface area contributed by atoms with Crippen molar-refractivity contribution in [1.82, 2.24) is 14.9 Å². The number of benzene rings is 2. The Hall–Kier alpha value is -4.22. The van der Waals surface area contributed by atoms with E-state index in [1.165, 1.54) is 7.11 Å². The average Bonchev–Trinajstić information content (AvgIpc) is 3.53. The number of rotatable bonds is 7. The predicted molar refractivity (Wildman–Crippen MR) is 155 cm³/mol. The summed E-state index contributed by atoms with van der Waals surface area (Å²) in [4.78, 5) is 19.2. The van der Waals surface area contributed by atoms with Gasteiger partial charge in [-0.3, -0.25) is 9.71 Å². The Bertz CT molecular complexity index is 1650. The molecule has 1 aliphatic heterocycles. The SMILES string of the molecule is COC(=O)c1ccccc1-n1cccc1C1C(c2ccccn2)NC(=S)N1c1ccc(NS(C)(=O)=O)c(C)c1. The summed E-state index contributed by atoms with van der Waals surface area (Å²) in [5.74, 6) is -0.437. The molecule has 4 aromatic rings. The summed E-state index contributed by atoms with van der Waals surface area (Å²) in [5.41, 5.74) is 4.78. The highest BCUT2D eigenvalue weighted by Crippen LogP contribution is 2.43. The first-order valence-corrected chi connectivity index (χ1v) is 14.4. The average molecular weight is 562 g/mol. The zero-order valence-electron chi connectivity index (χ0n) is 21.5. The molecule has 11 heteroatoms. The van der Waals surface area contributed by atoms with Gasteiger partial charge in [0.1, 0.15) is 6.04 Å². The lowest BCUT2D eigenvalue weighted by Crippen LogP contribution is -2.30. The molecule has 2 aromatic heterocycles. The highest BCUT2D eigenvalue weighted by atomic mass is 32.2. The normalized spacial score (nSPS) is 17.1. The van der Waals surface area contributed by atoms with E-state index in [0.29, 0.717) is 22.1 Å². The van der Waals surface area contributed by atoms with Crippen molar-refractivity contribution >= 4 is 44.7 Å². The van der Waals surface area contributed by atoms with E-state index in [4.69, 9.17) is 17.0 Å². The van der Waals surface area contributed by atoms with Crippen molar-refractivity contribution in [3.8, 4) is 5.69 Å². The second kappa shape index (κ2) is 10.5. The number of pyridine rings is 1. The molecule has 0 aliphatic carbocycles. The molecule has 9 nitrogen and oxygen atoms in total. The van der Waals surface area contributed by atoms with E-state index in [-0.39, 0.29) is 12.1 Å². The minimum absolute atomic E-state index is 0.313. The van der Waals surface area contributed by atoms with Gasteiger partial charge in [-0.15, -0.1) is 0 Å². The molecule has 5 rings (SSSR count). The van der Waals surface area contributed by atoms with Gasteiger partial charge < -0.3 is 19.5 Å². The summed E-state index contributed by atoms with van der Waals surface area (Å²) in [6.07, 6.45) is 4.76. The van der Waals surface area contributed by atoms with Crippen molar-refractivity contribution in [2.45, 2.75) is 19.0 Å². The van der Waals surface area contributed by atoms with Crippen molar-refractivity contribution in [2.24, 2.45) is 0 Å². The van der Waals surface area contributed by atoms with Crippen molar-refractivity contribution in [1.29, 1.82) is 0 Å². The molecule has 2 aromatic carbocycles. The highest BCUT2D eigenvalue weighted by Gasteiger charge is 2.42. The molecule has 0 bridgehead atoms. The topological polar surface area (TPSA) is 106 Å². The number of aryl methyl sites for hydroxylation is 1. The number of nitrogens with zero attached hydrogens (tertiary/aromatic N) is 3. The number of aromatic nitrogens is 2. The van der Waals surface area contributed by atoms with Crippen LogP contribution in [0.2, 0.25) is 0 Å². The van der Waals surface area contributed by atoms with Crippen molar-refractivity contribution in [2.75, 3.05) is 23.0 Å². The molecule has 3 heterocycles. The van der Waals surface area contributed by atoms with Crippen LogP contribution in [0.4, 0.5) is 11.4 Å². The summed E-state index contributed by atoms with van der Waals surface area (Å²) in [6.45, 7) is 1.84. The van der Waals surface area contributed by atoms with Gasteiger partial charge in [0, 0.05) is 23.8 Å². The lowest BCUT2D eigenvalue weighted by atomic mass is 10.00. The van der Waals surface area contributed by atoms with Crippen LogP contribution in [0.15, 0.2) is 85.2 Å². The maximum Gasteiger partial charge on any atom is 0.339 e. The number of methoxy groups -OCH3 is 1. The Morgan fingerprint density at radius 3 is 2.54 bits per heavy atom. The molecule has 0 saturated carbocycles. The minimum atomic E-state index is -3.43. The van der Waals surface area contributed by atoms with Crippen LogP contribution in [0.1, 0.15) is 39.4 Å². The van der Waals surface area contributed by atoms with Crippen LogP contribution >= 0.6 is 12.2 Å².